The van der Waals surface area contributed by atoms with Gasteiger partial charge in [-0.15, -0.1) is 0 Å². The van der Waals surface area contributed by atoms with Crippen molar-refractivity contribution in [3.63, 3.8) is 0 Å². The Morgan fingerprint density at radius 3 is 2.67 bits per heavy atom. The molecule has 0 bridgehead atoms. The highest BCUT2D eigenvalue weighted by atomic mass is 19.1. The fourth-order valence-electron chi connectivity index (χ4n) is 1.60. The monoisotopic (exact) mass is 246 g/mol. The van der Waals surface area contributed by atoms with E-state index in [-0.39, 0.29) is 5.82 Å². The molecule has 2 rings (SSSR count). The molecule has 0 aliphatic heterocycles. The molecular weight excluding hydrogens is 231 g/mol. The summed E-state index contributed by atoms with van der Waals surface area (Å²) in [5.41, 5.74) is 1.85. The second kappa shape index (κ2) is 5.60. The zero-order valence-corrected chi connectivity index (χ0v) is 10.4. The molecule has 0 amide bonds. The molecule has 0 aliphatic carbocycles. The van der Waals surface area contributed by atoms with Gasteiger partial charge in [0.25, 0.3) is 0 Å². The van der Waals surface area contributed by atoms with Crippen LogP contribution in [0.2, 0.25) is 0 Å². The van der Waals surface area contributed by atoms with E-state index in [2.05, 4.69) is 10.3 Å². The van der Waals surface area contributed by atoms with Crippen LogP contribution >= 0.6 is 0 Å². The summed E-state index contributed by atoms with van der Waals surface area (Å²) in [7, 11) is 1.79. The van der Waals surface area contributed by atoms with Crippen molar-refractivity contribution in [3.05, 3.63) is 53.5 Å². The van der Waals surface area contributed by atoms with Crippen molar-refractivity contribution >= 4 is 0 Å². The first kappa shape index (κ1) is 12.5. The van der Waals surface area contributed by atoms with Crippen LogP contribution in [-0.4, -0.2) is 12.0 Å². The summed E-state index contributed by atoms with van der Waals surface area (Å²) >= 11 is 0. The van der Waals surface area contributed by atoms with Gasteiger partial charge in [-0.05, 0) is 32.2 Å². The van der Waals surface area contributed by atoms with E-state index in [0.717, 1.165) is 11.8 Å². The van der Waals surface area contributed by atoms with Gasteiger partial charge in [0.15, 0.2) is 0 Å². The number of pyridine rings is 1. The van der Waals surface area contributed by atoms with Crippen LogP contribution in [0.25, 0.3) is 0 Å². The van der Waals surface area contributed by atoms with Crippen molar-refractivity contribution in [3.8, 4) is 11.6 Å². The van der Waals surface area contributed by atoms with Crippen molar-refractivity contribution < 1.29 is 9.13 Å². The highest BCUT2D eigenvalue weighted by Gasteiger charge is 2.07. The number of rotatable bonds is 4. The third kappa shape index (κ3) is 3.05. The molecule has 94 valence electrons. The van der Waals surface area contributed by atoms with Crippen LogP contribution in [0.1, 0.15) is 11.1 Å². The Kier molecular flexibility index (Phi) is 3.89. The number of aromatic nitrogens is 1. The first-order chi connectivity index (χ1) is 8.69. The number of hydrogen-bond donors (Lipinski definition) is 1. The van der Waals surface area contributed by atoms with E-state index in [0.29, 0.717) is 23.7 Å². The van der Waals surface area contributed by atoms with E-state index in [4.69, 9.17) is 4.74 Å². The van der Waals surface area contributed by atoms with Gasteiger partial charge in [0.2, 0.25) is 5.88 Å². The van der Waals surface area contributed by atoms with Crippen LogP contribution in [0.15, 0.2) is 36.5 Å². The molecule has 0 saturated carbocycles. The first-order valence-corrected chi connectivity index (χ1v) is 5.72. The lowest BCUT2D eigenvalue weighted by Gasteiger charge is -2.10. The number of hydrogen-bond acceptors (Lipinski definition) is 3. The van der Waals surface area contributed by atoms with Gasteiger partial charge in [-0.25, -0.2) is 9.37 Å². The molecule has 0 fully saturated rings. The van der Waals surface area contributed by atoms with E-state index >= 15 is 0 Å². The summed E-state index contributed by atoms with van der Waals surface area (Å²) in [6, 6.07) is 9.06. The molecule has 0 unspecified atom stereocenters. The average Bonchev–Trinajstić information content (AvgIpc) is 2.36. The summed E-state index contributed by atoms with van der Waals surface area (Å²) in [6.07, 6.45) is 1.16. The first-order valence-electron chi connectivity index (χ1n) is 5.72. The minimum absolute atomic E-state index is 0.364. The molecule has 0 aliphatic rings. The molecule has 2 aromatic rings. The fourth-order valence-corrected chi connectivity index (χ4v) is 1.60. The van der Waals surface area contributed by atoms with E-state index < -0.39 is 0 Å². The minimum Gasteiger partial charge on any atom is -0.439 e. The Morgan fingerprint density at radius 1 is 1.28 bits per heavy atom. The number of nitrogens with one attached hydrogen (secondary N) is 1. The Bertz CT molecular complexity index is 526. The molecule has 0 radical (unpaired) electrons. The molecule has 1 aromatic carbocycles. The maximum absolute atomic E-state index is 13.1. The third-order valence-corrected chi connectivity index (χ3v) is 2.49. The smallest absolute Gasteiger partial charge is 0.223 e. The van der Waals surface area contributed by atoms with E-state index in [1.54, 1.807) is 7.05 Å². The van der Waals surface area contributed by atoms with Gasteiger partial charge in [-0.2, -0.15) is 0 Å². The lowest BCUT2D eigenvalue weighted by Crippen LogP contribution is -2.07. The van der Waals surface area contributed by atoms with Crippen molar-refractivity contribution in [2.24, 2.45) is 0 Å². The maximum Gasteiger partial charge on any atom is 0.223 e. The van der Waals surface area contributed by atoms with Crippen LogP contribution in [0.5, 0.6) is 11.6 Å². The van der Waals surface area contributed by atoms with Crippen molar-refractivity contribution in [2.75, 3.05) is 7.05 Å². The molecule has 0 atom stereocenters. The SMILES string of the molecule is CNCc1cc(F)cnc1Oc1ccc(C)cc1. The minimum atomic E-state index is -0.364. The van der Waals surface area contributed by atoms with Crippen LogP contribution < -0.4 is 10.1 Å². The van der Waals surface area contributed by atoms with Gasteiger partial charge in [0, 0.05) is 12.1 Å². The summed E-state index contributed by atoms with van der Waals surface area (Å²) < 4.78 is 18.8. The molecule has 1 heterocycles. The summed E-state index contributed by atoms with van der Waals surface area (Å²) in [5, 5.41) is 2.96. The normalized spacial score (nSPS) is 10.4. The van der Waals surface area contributed by atoms with Gasteiger partial charge in [0.05, 0.1) is 6.20 Å². The number of nitrogens with zero attached hydrogens (tertiary/aromatic N) is 1. The predicted octanol–water partition coefficient (Wildman–Crippen LogP) is 3.04. The highest BCUT2D eigenvalue weighted by molar-refractivity contribution is 5.33. The lowest BCUT2D eigenvalue weighted by molar-refractivity contribution is 0.450. The van der Waals surface area contributed by atoms with E-state index in [1.165, 1.54) is 6.07 Å². The van der Waals surface area contributed by atoms with Crippen LogP contribution in [0.4, 0.5) is 4.39 Å². The highest BCUT2D eigenvalue weighted by Crippen LogP contribution is 2.23. The molecule has 0 spiro atoms. The Labute approximate surface area is 106 Å². The Balaban J connectivity index is 2.25. The van der Waals surface area contributed by atoms with Crippen LogP contribution in [0, 0.1) is 12.7 Å². The fraction of sp³-hybridized carbons (Fsp3) is 0.214. The Morgan fingerprint density at radius 2 is 2.00 bits per heavy atom. The largest absolute Gasteiger partial charge is 0.439 e. The zero-order valence-electron chi connectivity index (χ0n) is 10.4. The summed E-state index contributed by atoms with van der Waals surface area (Å²) in [5.74, 6) is 0.753. The van der Waals surface area contributed by atoms with E-state index in [9.17, 15) is 4.39 Å². The zero-order chi connectivity index (χ0) is 13.0. The summed E-state index contributed by atoms with van der Waals surface area (Å²) in [4.78, 5) is 3.98. The number of benzene rings is 1. The number of aryl methyl sites for hydroxylation is 1. The average molecular weight is 246 g/mol. The van der Waals surface area contributed by atoms with Crippen LogP contribution in [-0.2, 0) is 6.54 Å². The second-order valence-electron chi connectivity index (χ2n) is 4.06. The van der Waals surface area contributed by atoms with Crippen molar-refractivity contribution in [1.29, 1.82) is 0 Å². The van der Waals surface area contributed by atoms with Crippen molar-refractivity contribution in [2.45, 2.75) is 13.5 Å². The number of halogens is 1. The molecule has 1 N–H and O–H groups in total. The predicted molar refractivity (Wildman–Crippen MR) is 68.2 cm³/mol. The van der Waals surface area contributed by atoms with Gasteiger partial charge in [-0.3, -0.25) is 0 Å². The molecule has 3 nitrogen and oxygen atoms in total. The molecular formula is C14H15FN2O. The van der Waals surface area contributed by atoms with Gasteiger partial charge < -0.3 is 10.1 Å². The van der Waals surface area contributed by atoms with E-state index in [1.807, 2.05) is 31.2 Å². The topological polar surface area (TPSA) is 34.2 Å². The maximum atomic E-state index is 13.1. The lowest BCUT2D eigenvalue weighted by atomic mass is 10.2. The Hall–Kier alpha value is -1.94. The molecule has 1 aromatic heterocycles. The van der Waals surface area contributed by atoms with Crippen LogP contribution in [0.3, 0.4) is 0 Å². The summed E-state index contributed by atoms with van der Waals surface area (Å²) in [6.45, 7) is 2.51. The molecule has 18 heavy (non-hydrogen) atoms. The molecule has 4 heteroatoms. The second-order valence-corrected chi connectivity index (χ2v) is 4.06. The van der Waals surface area contributed by atoms with Gasteiger partial charge in [0.1, 0.15) is 11.6 Å². The number of ether oxygens (including phenoxy) is 1. The molecule has 0 saturated heterocycles. The standard InChI is InChI=1S/C14H15FN2O/c1-10-3-5-13(6-4-10)18-14-11(8-16-2)7-12(15)9-17-14/h3-7,9,16H,8H2,1-2H3. The van der Waals surface area contributed by atoms with Gasteiger partial charge in [-0.1, -0.05) is 17.7 Å². The van der Waals surface area contributed by atoms with Crippen molar-refractivity contribution in [1.82, 2.24) is 10.3 Å². The third-order valence-electron chi connectivity index (χ3n) is 2.49. The quantitative estimate of drug-likeness (QED) is 0.900. The van der Waals surface area contributed by atoms with Gasteiger partial charge >= 0.3 is 0 Å².